The summed E-state index contributed by atoms with van der Waals surface area (Å²) in [6.45, 7) is 2.05. The lowest BCUT2D eigenvalue weighted by Gasteiger charge is -2.26. The summed E-state index contributed by atoms with van der Waals surface area (Å²) in [6, 6.07) is 56.9. The number of furan rings is 1. The molecule has 2 nitrogen and oxygen atoms in total. The van der Waals surface area contributed by atoms with Crippen LogP contribution in [0.25, 0.3) is 80.9 Å². The van der Waals surface area contributed by atoms with E-state index in [0.29, 0.717) is 0 Å². The molecule has 2 aromatic heterocycles. The van der Waals surface area contributed by atoms with E-state index in [2.05, 4.69) is 187 Å². The molecule has 52 heavy (non-hydrogen) atoms. The molecule has 0 amide bonds. The van der Waals surface area contributed by atoms with Crippen LogP contribution in [0.3, 0.4) is 0 Å². The van der Waals surface area contributed by atoms with E-state index < -0.39 is 0 Å². The number of anilines is 3. The topological polar surface area (TPSA) is 16.4 Å². The second kappa shape index (κ2) is 12.4. The van der Waals surface area contributed by atoms with E-state index in [1.165, 1.54) is 58.4 Å². The van der Waals surface area contributed by atoms with Gasteiger partial charge in [0.15, 0.2) is 5.58 Å². The second-order valence-electron chi connectivity index (χ2n) is 13.2. The van der Waals surface area contributed by atoms with Crippen LogP contribution in [0.2, 0.25) is 0 Å². The second-order valence-corrected chi connectivity index (χ2v) is 14.3. The summed E-state index contributed by atoms with van der Waals surface area (Å²) in [5, 5.41) is 9.69. The van der Waals surface area contributed by atoms with Crippen molar-refractivity contribution in [3.63, 3.8) is 0 Å². The summed E-state index contributed by atoms with van der Waals surface area (Å²) >= 11 is 1.85. The summed E-state index contributed by atoms with van der Waals surface area (Å²) in [5.74, 6) is 0. The molecule has 3 heteroatoms. The van der Waals surface area contributed by atoms with Gasteiger partial charge in [-0.25, -0.2) is 0 Å². The lowest BCUT2D eigenvalue weighted by atomic mass is 10.00. The molecule has 0 spiro atoms. The molecular weight excluding hydrogens is 651 g/mol. The molecule has 10 rings (SSSR count). The van der Waals surface area contributed by atoms with Crippen molar-refractivity contribution >= 4 is 98.1 Å². The van der Waals surface area contributed by atoms with Gasteiger partial charge in [0.2, 0.25) is 0 Å². The average molecular weight is 684 g/mol. The third kappa shape index (κ3) is 4.93. The number of nitrogens with zero attached hydrogens (tertiary/aromatic N) is 1. The van der Waals surface area contributed by atoms with Gasteiger partial charge in [0, 0.05) is 31.9 Å². The van der Waals surface area contributed by atoms with Crippen LogP contribution in [-0.2, 0) is 0 Å². The Labute approximate surface area is 305 Å². The number of fused-ring (bicyclic) bond motifs is 9. The van der Waals surface area contributed by atoms with E-state index in [4.69, 9.17) is 4.42 Å². The van der Waals surface area contributed by atoms with Crippen molar-refractivity contribution in [3.8, 4) is 11.1 Å². The first-order valence-corrected chi connectivity index (χ1v) is 18.5. The number of thiophene rings is 1. The third-order valence-corrected chi connectivity index (χ3v) is 11.4. The van der Waals surface area contributed by atoms with E-state index in [1.54, 1.807) is 0 Å². The first-order valence-electron chi connectivity index (χ1n) is 17.7. The summed E-state index contributed by atoms with van der Waals surface area (Å²) in [4.78, 5) is 2.40. The van der Waals surface area contributed by atoms with Gasteiger partial charge >= 0.3 is 0 Å². The zero-order valence-electron chi connectivity index (χ0n) is 28.6. The van der Waals surface area contributed by atoms with Crippen molar-refractivity contribution < 1.29 is 4.42 Å². The largest absolute Gasteiger partial charge is 0.454 e. The van der Waals surface area contributed by atoms with Crippen LogP contribution in [0.15, 0.2) is 180 Å². The fourth-order valence-electron chi connectivity index (χ4n) is 7.73. The van der Waals surface area contributed by atoms with E-state index in [-0.39, 0.29) is 0 Å². The molecule has 0 unspecified atom stereocenters. The lowest BCUT2D eigenvalue weighted by molar-refractivity contribution is 0.669. The highest BCUT2D eigenvalue weighted by Gasteiger charge is 2.24. The number of rotatable bonds is 6. The zero-order chi connectivity index (χ0) is 34.6. The van der Waals surface area contributed by atoms with E-state index in [0.717, 1.165) is 39.0 Å². The van der Waals surface area contributed by atoms with Crippen molar-refractivity contribution in [2.24, 2.45) is 0 Å². The smallest absolute Gasteiger partial charge is 0.159 e. The Bertz CT molecular complexity index is 3030. The molecule has 246 valence electrons. The molecule has 0 saturated carbocycles. The number of hydrogen-bond donors (Lipinski definition) is 0. The van der Waals surface area contributed by atoms with Crippen LogP contribution in [0.1, 0.15) is 12.5 Å². The van der Waals surface area contributed by atoms with Gasteiger partial charge in [-0.1, -0.05) is 140 Å². The Balaban J connectivity index is 1.23. The predicted octanol–water partition coefficient (Wildman–Crippen LogP) is 15.0. The third-order valence-electron chi connectivity index (χ3n) is 10.2. The molecule has 0 N–H and O–H groups in total. The maximum Gasteiger partial charge on any atom is 0.159 e. The molecule has 0 aliphatic rings. The summed E-state index contributed by atoms with van der Waals surface area (Å²) in [6.07, 6.45) is 8.50. The highest BCUT2D eigenvalue weighted by molar-refractivity contribution is 7.26. The minimum Gasteiger partial charge on any atom is -0.454 e. The van der Waals surface area contributed by atoms with Crippen LogP contribution < -0.4 is 4.90 Å². The number of para-hydroxylation sites is 1. The number of allylic oxidation sites excluding steroid dienone is 3. The van der Waals surface area contributed by atoms with E-state index >= 15 is 0 Å². The molecule has 0 aliphatic heterocycles. The monoisotopic (exact) mass is 683 g/mol. The summed E-state index contributed by atoms with van der Waals surface area (Å²) in [7, 11) is 0. The van der Waals surface area contributed by atoms with Crippen molar-refractivity contribution in [3.05, 3.63) is 182 Å². The van der Waals surface area contributed by atoms with Crippen molar-refractivity contribution in [2.75, 3.05) is 4.90 Å². The van der Waals surface area contributed by atoms with Gasteiger partial charge in [0.1, 0.15) is 5.58 Å². The Morgan fingerprint density at radius 2 is 1.27 bits per heavy atom. The molecule has 0 aliphatic carbocycles. The van der Waals surface area contributed by atoms with Crippen LogP contribution >= 0.6 is 11.3 Å². The minimum atomic E-state index is 0.874. The maximum absolute atomic E-state index is 6.85. The zero-order valence-corrected chi connectivity index (χ0v) is 29.4. The Hall–Kier alpha value is -6.42. The van der Waals surface area contributed by atoms with Gasteiger partial charge < -0.3 is 9.32 Å². The molecule has 0 radical (unpaired) electrons. The van der Waals surface area contributed by atoms with E-state index in [1.807, 2.05) is 18.3 Å². The molecular formula is C49H33NOS. The van der Waals surface area contributed by atoms with Gasteiger partial charge in [-0.05, 0) is 87.6 Å². The lowest BCUT2D eigenvalue weighted by Crippen LogP contribution is -2.10. The quantitative estimate of drug-likeness (QED) is 0.162. The standard InChI is InChI=1S/C49H33NOS/c1-2-3-4-14-35-25-29-43(49-46(35)40-17-9-10-20-45(40)52-49)50(38-27-23-33(24-28-38)37-22-21-32-12-5-6-15-36(32)31-37)42-19-11-18-41-47-39-16-8-7-13-34(39)26-30-44(47)51-48(41)42/h2-31H,1H3/b3-2-,14-4-. The Morgan fingerprint density at radius 1 is 0.538 bits per heavy atom. The van der Waals surface area contributed by atoms with E-state index in [9.17, 15) is 0 Å². The minimum absolute atomic E-state index is 0.874. The van der Waals surface area contributed by atoms with Crippen LogP contribution in [0.4, 0.5) is 17.1 Å². The molecule has 2 heterocycles. The first kappa shape index (κ1) is 30.4. The molecule has 0 saturated heterocycles. The Morgan fingerprint density at radius 3 is 2.13 bits per heavy atom. The maximum atomic E-state index is 6.85. The number of benzene rings is 8. The van der Waals surface area contributed by atoms with Crippen molar-refractivity contribution in [1.82, 2.24) is 0 Å². The first-order chi connectivity index (χ1) is 25.7. The van der Waals surface area contributed by atoms with Crippen molar-refractivity contribution in [1.29, 1.82) is 0 Å². The highest BCUT2D eigenvalue weighted by atomic mass is 32.1. The van der Waals surface area contributed by atoms with Gasteiger partial charge in [-0.15, -0.1) is 11.3 Å². The fourth-order valence-corrected chi connectivity index (χ4v) is 8.98. The van der Waals surface area contributed by atoms with Crippen LogP contribution in [0, 0.1) is 0 Å². The molecule has 10 aromatic rings. The van der Waals surface area contributed by atoms with Gasteiger partial charge in [0.25, 0.3) is 0 Å². The van der Waals surface area contributed by atoms with Gasteiger partial charge in [-0.2, -0.15) is 0 Å². The average Bonchev–Trinajstić information content (AvgIpc) is 3.79. The molecule has 0 bridgehead atoms. The number of hydrogen-bond acceptors (Lipinski definition) is 3. The van der Waals surface area contributed by atoms with Crippen LogP contribution in [0.5, 0.6) is 0 Å². The summed E-state index contributed by atoms with van der Waals surface area (Å²) in [5.41, 5.74) is 8.55. The normalized spacial score (nSPS) is 12.2. The summed E-state index contributed by atoms with van der Waals surface area (Å²) < 4.78 is 9.36. The Kier molecular flexibility index (Phi) is 7.26. The fraction of sp³-hybridized carbons (Fsp3) is 0.0204. The molecule has 8 aromatic carbocycles. The molecule has 0 atom stereocenters. The van der Waals surface area contributed by atoms with Crippen molar-refractivity contribution in [2.45, 2.75) is 6.92 Å². The van der Waals surface area contributed by atoms with Crippen LogP contribution in [-0.4, -0.2) is 0 Å². The molecule has 0 fully saturated rings. The van der Waals surface area contributed by atoms with Gasteiger partial charge in [-0.3, -0.25) is 0 Å². The van der Waals surface area contributed by atoms with Gasteiger partial charge in [0.05, 0.1) is 16.1 Å². The highest BCUT2D eigenvalue weighted by Crippen LogP contribution is 2.49. The SMILES string of the molecule is C/C=C\C=C/c1ccc(N(c2ccc(-c3ccc4ccccc4c3)cc2)c2cccc3c2oc2ccc4ccccc4c23)c2sc3ccccc3c12. The predicted molar refractivity (Wildman–Crippen MR) is 226 cm³/mol.